The Kier molecular flexibility index (Phi) is 4.39. The maximum absolute atomic E-state index is 10.3. The van der Waals surface area contributed by atoms with Gasteiger partial charge in [-0.1, -0.05) is 0 Å². The van der Waals surface area contributed by atoms with Gasteiger partial charge in [0.2, 0.25) is 0 Å². The number of aliphatic carboxylic acids is 1. The third-order valence-corrected chi connectivity index (χ3v) is 1.54. The highest BCUT2D eigenvalue weighted by molar-refractivity contribution is 6.15. The van der Waals surface area contributed by atoms with Gasteiger partial charge in [0.05, 0.1) is 5.69 Å². The maximum atomic E-state index is 10.3. The van der Waals surface area contributed by atoms with Crippen LogP contribution in [-0.4, -0.2) is 31.7 Å². The lowest BCUT2D eigenvalue weighted by Crippen LogP contribution is -2.32. The van der Waals surface area contributed by atoms with Crippen LogP contribution < -0.4 is 5.73 Å². The summed E-state index contributed by atoms with van der Waals surface area (Å²) in [5.74, 6) is -1.04. The summed E-state index contributed by atoms with van der Waals surface area (Å²) in [5.41, 5.74) is 5.84. The number of hydrogen-bond donors (Lipinski definition) is 2. The highest BCUT2D eigenvalue weighted by Crippen LogP contribution is 2.00. The van der Waals surface area contributed by atoms with Crippen LogP contribution in [0.25, 0.3) is 0 Å². The number of imidazole rings is 1. The third-order valence-electron chi connectivity index (χ3n) is 1.35. The second kappa shape index (κ2) is 4.80. The summed E-state index contributed by atoms with van der Waals surface area (Å²) in [6.45, 7) is 0. The van der Waals surface area contributed by atoms with Gasteiger partial charge in [0.1, 0.15) is 12.4 Å². The Balaban J connectivity index is 0.00000144. The van der Waals surface area contributed by atoms with Gasteiger partial charge in [0.25, 0.3) is 0 Å². The molecule has 0 aromatic carbocycles. The largest absolute Gasteiger partial charge is 0.480 e. The lowest BCUT2D eigenvalue weighted by atomic mass is 10.2. The Morgan fingerprint density at radius 3 is 2.85 bits per heavy atom. The molecule has 1 heterocycles. The van der Waals surface area contributed by atoms with Crippen molar-refractivity contribution in [1.82, 2.24) is 9.07 Å². The summed E-state index contributed by atoms with van der Waals surface area (Å²) in [5, 5.41) is 8.46. The molecule has 13 heavy (non-hydrogen) atoms. The summed E-state index contributed by atoms with van der Waals surface area (Å²) in [7, 11) is 0. The second-order valence-electron chi connectivity index (χ2n) is 2.36. The van der Waals surface area contributed by atoms with Crippen molar-refractivity contribution in [2.45, 2.75) is 12.5 Å². The number of halogens is 1. The van der Waals surface area contributed by atoms with Crippen LogP contribution in [-0.2, 0) is 11.2 Å². The SMILES string of the molecule is N[C@@H](Cc1cn(Cl)cn1)C(=O)O.O. The zero-order valence-electron chi connectivity index (χ0n) is 6.64. The molecule has 1 aromatic heterocycles. The van der Waals surface area contributed by atoms with Crippen molar-refractivity contribution in [1.29, 1.82) is 0 Å². The van der Waals surface area contributed by atoms with Gasteiger partial charge in [0, 0.05) is 24.4 Å². The average molecular weight is 208 g/mol. The lowest BCUT2D eigenvalue weighted by molar-refractivity contribution is -0.138. The first-order chi connectivity index (χ1) is 5.59. The van der Waals surface area contributed by atoms with Gasteiger partial charge in [0.15, 0.2) is 0 Å². The molecular weight excluding hydrogens is 198 g/mol. The van der Waals surface area contributed by atoms with Crippen LogP contribution in [0.3, 0.4) is 0 Å². The molecule has 7 heteroatoms. The first-order valence-corrected chi connectivity index (χ1v) is 3.61. The molecule has 0 radical (unpaired) electrons. The van der Waals surface area contributed by atoms with Gasteiger partial charge in [-0.25, -0.2) is 9.07 Å². The number of hydrogen-bond acceptors (Lipinski definition) is 3. The minimum absolute atomic E-state index is 0. The van der Waals surface area contributed by atoms with Crippen LogP contribution >= 0.6 is 11.8 Å². The molecule has 0 aliphatic rings. The van der Waals surface area contributed by atoms with Crippen molar-refractivity contribution in [2.75, 3.05) is 0 Å². The third kappa shape index (κ3) is 3.41. The van der Waals surface area contributed by atoms with E-state index >= 15 is 0 Å². The van der Waals surface area contributed by atoms with E-state index in [1.807, 2.05) is 0 Å². The second-order valence-corrected chi connectivity index (χ2v) is 2.75. The van der Waals surface area contributed by atoms with Gasteiger partial charge < -0.3 is 16.3 Å². The van der Waals surface area contributed by atoms with Gasteiger partial charge in [-0.3, -0.25) is 4.79 Å². The minimum atomic E-state index is -1.04. The summed E-state index contributed by atoms with van der Waals surface area (Å²) >= 11 is 5.49. The molecule has 0 saturated heterocycles. The van der Waals surface area contributed by atoms with Crippen LogP contribution in [0.1, 0.15) is 5.69 Å². The van der Waals surface area contributed by atoms with Gasteiger partial charge in [-0.05, 0) is 0 Å². The molecule has 0 aliphatic heterocycles. The van der Waals surface area contributed by atoms with E-state index in [0.717, 1.165) is 0 Å². The summed E-state index contributed by atoms with van der Waals surface area (Å²) in [6, 6.07) is -0.920. The molecule has 1 rings (SSSR count). The van der Waals surface area contributed by atoms with E-state index in [1.54, 1.807) is 0 Å². The van der Waals surface area contributed by atoms with Crippen molar-refractivity contribution in [3.63, 3.8) is 0 Å². The summed E-state index contributed by atoms with van der Waals surface area (Å²) in [6.07, 6.45) is 3.09. The monoisotopic (exact) mass is 207 g/mol. The first-order valence-electron chi connectivity index (χ1n) is 3.27. The topological polar surface area (TPSA) is 113 Å². The van der Waals surface area contributed by atoms with Crippen LogP contribution in [0.15, 0.2) is 12.5 Å². The minimum Gasteiger partial charge on any atom is -0.480 e. The van der Waals surface area contributed by atoms with E-state index in [1.165, 1.54) is 16.6 Å². The van der Waals surface area contributed by atoms with Crippen LogP contribution in [0.2, 0.25) is 0 Å². The molecule has 1 aromatic rings. The number of nitrogens with zero attached hydrogens (tertiary/aromatic N) is 2. The summed E-state index contributed by atoms with van der Waals surface area (Å²) < 4.78 is 1.23. The van der Waals surface area contributed by atoms with E-state index in [0.29, 0.717) is 5.69 Å². The molecule has 0 fully saturated rings. The molecule has 6 nitrogen and oxygen atoms in total. The Morgan fingerprint density at radius 1 is 1.85 bits per heavy atom. The van der Waals surface area contributed by atoms with E-state index in [9.17, 15) is 4.79 Å². The van der Waals surface area contributed by atoms with Gasteiger partial charge in [-0.2, -0.15) is 0 Å². The first kappa shape index (κ1) is 11.9. The van der Waals surface area contributed by atoms with Crippen molar-refractivity contribution >= 4 is 17.7 Å². The molecule has 0 aliphatic carbocycles. The number of nitrogens with two attached hydrogens (primary N) is 1. The summed E-state index contributed by atoms with van der Waals surface area (Å²) in [4.78, 5) is 14.1. The number of carboxylic acid groups (broad SMARTS) is 1. The lowest BCUT2D eigenvalue weighted by Gasteiger charge is -2.01. The predicted molar refractivity (Wildman–Crippen MR) is 46.4 cm³/mol. The molecular formula is C6H10ClN3O3. The van der Waals surface area contributed by atoms with Crippen molar-refractivity contribution in [3.8, 4) is 0 Å². The molecule has 74 valence electrons. The normalized spacial score (nSPS) is 11.8. The number of carbonyl (C=O) groups is 1. The fourth-order valence-electron chi connectivity index (χ4n) is 0.756. The zero-order chi connectivity index (χ0) is 9.14. The van der Waals surface area contributed by atoms with Gasteiger partial charge in [-0.15, -0.1) is 0 Å². The van der Waals surface area contributed by atoms with E-state index in [2.05, 4.69) is 4.98 Å². The Labute approximate surface area is 79.4 Å². The molecule has 0 spiro atoms. The Morgan fingerprint density at radius 2 is 2.46 bits per heavy atom. The smallest absolute Gasteiger partial charge is 0.320 e. The molecule has 0 unspecified atom stereocenters. The molecule has 0 amide bonds. The zero-order valence-corrected chi connectivity index (χ0v) is 7.40. The van der Waals surface area contributed by atoms with Crippen molar-refractivity contribution < 1.29 is 15.4 Å². The highest BCUT2D eigenvalue weighted by Gasteiger charge is 2.13. The highest BCUT2D eigenvalue weighted by atomic mass is 35.5. The molecule has 1 atom stereocenters. The van der Waals surface area contributed by atoms with E-state index in [-0.39, 0.29) is 11.9 Å². The van der Waals surface area contributed by atoms with Gasteiger partial charge >= 0.3 is 5.97 Å². The number of carboxylic acids is 1. The Hall–Kier alpha value is -1.11. The van der Waals surface area contributed by atoms with Crippen LogP contribution in [0.5, 0.6) is 0 Å². The van der Waals surface area contributed by atoms with Crippen LogP contribution in [0, 0.1) is 0 Å². The fraction of sp³-hybridized carbons (Fsp3) is 0.333. The molecule has 5 N–H and O–H groups in total. The molecule has 0 bridgehead atoms. The van der Waals surface area contributed by atoms with Crippen molar-refractivity contribution in [2.24, 2.45) is 5.73 Å². The van der Waals surface area contributed by atoms with E-state index in [4.69, 9.17) is 22.6 Å². The number of aromatic nitrogens is 2. The molecule has 0 saturated carbocycles. The van der Waals surface area contributed by atoms with E-state index < -0.39 is 12.0 Å². The number of rotatable bonds is 3. The maximum Gasteiger partial charge on any atom is 0.320 e. The quantitative estimate of drug-likeness (QED) is 0.663. The fourth-order valence-corrected chi connectivity index (χ4v) is 0.913. The Bertz CT molecular complexity index is 288. The average Bonchev–Trinajstić information content (AvgIpc) is 2.35. The predicted octanol–water partition coefficient (Wildman–Crippen LogP) is -0.985. The van der Waals surface area contributed by atoms with Crippen LogP contribution in [0.4, 0.5) is 0 Å². The van der Waals surface area contributed by atoms with Crippen molar-refractivity contribution in [3.05, 3.63) is 18.2 Å². The standard InChI is InChI=1S/C6H8ClN3O2.H2O/c7-10-2-4(9-3-10)1-5(8)6(11)12;/h2-3,5H,1,8H2,(H,11,12);1H2/t5-;/m0./s1.